The predicted molar refractivity (Wildman–Crippen MR) is 81.6 cm³/mol. The van der Waals surface area contributed by atoms with E-state index in [4.69, 9.17) is 26.8 Å². The van der Waals surface area contributed by atoms with E-state index in [1.807, 2.05) is 25.1 Å². The predicted octanol–water partition coefficient (Wildman–Crippen LogP) is 1.94. The maximum atomic E-state index is 6.24. The van der Waals surface area contributed by atoms with Crippen molar-refractivity contribution in [3.8, 4) is 5.75 Å². The van der Waals surface area contributed by atoms with E-state index < -0.39 is 0 Å². The summed E-state index contributed by atoms with van der Waals surface area (Å²) in [5.41, 5.74) is 6.88. The molecule has 0 spiro atoms. The Morgan fingerprint density at radius 3 is 2.85 bits per heavy atom. The van der Waals surface area contributed by atoms with Crippen LogP contribution in [0.15, 0.2) is 18.2 Å². The standard InChI is InChI=1S/C15H23ClN2O2/c1-12(17)11-13-14(16)3-2-4-15(13)20-10-7-18-5-8-19-9-6-18/h2-4,12H,5-11,17H2,1H3. The molecule has 1 aromatic carbocycles. The van der Waals surface area contributed by atoms with Crippen molar-refractivity contribution in [1.29, 1.82) is 0 Å². The van der Waals surface area contributed by atoms with Gasteiger partial charge in [-0.25, -0.2) is 0 Å². The Labute approximate surface area is 125 Å². The lowest BCUT2D eigenvalue weighted by Gasteiger charge is -2.26. The van der Waals surface area contributed by atoms with E-state index in [1.165, 1.54) is 0 Å². The molecule has 1 saturated heterocycles. The van der Waals surface area contributed by atoms with E-state index >= 15 is 0 Å². The zero-order chi connectivity index (χ0) is 14.4. The van der Waals surface area contributed by atoms with E-state index in [1.54, 1.807) is 0 Å². The smallest absolute Gasteiger partial charge is 0.124 e. The highest BCUT2D eigenvalue weighted by Gasteiger charge is 2.12. The fraction of sp³-hybridized carbons (Fsp3) is 0.600. The van der Waals surface area contributed by atoms with Crippen LogP contribution in [0.25, 0.3) is 0 Å². The molecule has 20 heavy (non-hydrogen) atoms. The van der Waals surface area contributed by atoms with Crippen LogP contribution in [-0.4, -0.2) is 50.4 Å². The number of benzene rings is 1. The molecule has 1 aliphatic rings. The van der Waals surface area contributed by atoms with Gasteiger partial charge in [0.2, 0.25) is 0 Å². The topological polar surface area (TPSA) is 47.7 Å². The summed E-state index contributed by atoms with van der Waals surface area (Å²) in [6, 6.07) is 5.82. The van der Waals surface area contributed by atoms with Gasteiger partial charge in [0.05, 0.1) is 13.2 Å². The van der Waals surface area contributed by atoms with E-state index in [0.717, 1.165) is 55.6 Å². The molecule has 1 unspecified atom stereocenters. The molecule has 1 fully saturated rings. The average molecular weight is 299 g/mol. The van der Waals surface area contributed by atoms with Crippen molar-refractivity contribution >= 4 is 11.6 Å². The van der Waals surface area contributed by atoms with Gasteiger partial charge in [-0.1, -0.05) is 17.7 Å². The Kier molecular flexibility index (Phi) is 6.10. The van der Waals surface area contributed by atoms with Crippen LogP contribution in [0.4, 0.5) is 0 Å². The van der Waals surface area contributed by atoms with Crippen LogP contribution in [0, 0.1) is 0 Å². The number of halogens is 1. The summed E-state index contributed by atoms with van der Waals surface area (Å²) < 4.78 is 11.2. The molecule has 2 rings (SSSR count). The molecular formula is C15H23ClN2O2. The number of ether oxygens (including phenoxy) is 2. The van der Waals surface area contributed by atoms with Crippen LogP contribution >= 0.6 is 11.6 Å². The zero-order valence-corrected chi connectivity index (χ0v) is 12.7. The Morgan fingerprint density at radius 2 is 2.15 bits per heavy atom. The van der Waals surface area contributed by atoms with E-state index in [0.29, 0.717) is 6.61 Å². The second-order valence-electron chi connectivity index (χ2n) is 5.20. The van der Waals surface area contributed by atoms with Crippen molar-refractivity contribution in [1.82, 2.24) is 4.90 Å². The van der Waals surface area contributed by atoms with Gasteiger partial charge in [-0.05, 0) is 25.5 Å². The lowest BCUT2D eigenvalue weighted by Crippen LogP contribution is -2.38. The van der Waals surface area contributed by atoms with Crippen LogP contribution in [0.1, 0.15) is 12.5 Å². The minimum Gasteiger partial charge on any atom is -0.492 e. The maximum Gasteiger partial charge on any atom is 0.124 e. The van der Waals surface area contributed by atoms with Gasteiger partial charge in [0.15, 0.2) is 0 Å². The Hall–Kier alpha value is -0.810. The monoisotopic (exact) mass is 298 g/mol. The fourth-order valence-corrected chi connectivity index (χ4v) is 2.55. The number of nitrogens with zero attached hydrogens (tertiary/aromatic N) is 1. The first-order chi connectivity index (χ1) is 9.66. The van der Waals surface area contributed by atoms with Gasteiger partial charge >= 0.3 is 0 Å². The summed E-state index contributed by atoms with van der Waals surface area (Å²) in [7, 11) is 0. The van der Waals surface area contributed by atoms with Gasteiger partial charge in [0, 0.05) is 36.3 Å². The van der Waals surface area contributed by atoms with E-state index in [9.17, 15) is 0 Å². The Balaban J connectivity index is 1.89. The minimum absolute atomic E-state index is 0.0662. The molecule has 0 radical (unpaired) electrons. The molecule has 1 atom stereocenters. The number of rotatable bonds is 6. The van der Waals surface area contributed by atoms with Crippen LogP contribution < -0.4 is 10.5 Å². The van der Waals surface area contributed by atoms with Crippen LogP contribution in [0.5, 0.6) is 5.75 Å². The van der Waals surface area contributed by atoms with Gasteiger partial charge in [0.1, 0.15) is 12.4 Å². The van der Waals surface area contributed by atoms with Crippen LogP contribution in [-0.2, 0) is 11.2 Å². The van der Waals surface area contributed by atoms with Gasteiger partial charge in [-0.3, -0.25) is 4.90 Å². The Bertz CT molecular complexity index is 420. The highest BCUT2D eigenvalue weighted by Crippen LogP contribution is 2.27. The molecule has 112 valence electrons. The second kappa shape index (κ2) is 7.84. The molecule has 1 aliphatic heterocycles. The second-order valence-corrected chi connectivity index (χ2v) is 5.61. The molecule has 5 heteroatoms. The number of hydrogen-bond acceptors (Lipinski definition) is 4. The summed E-state index contributed by atoms with van der Waals surface area (Å²) in [6.45, 7) is 7.12. The molecule has 1 heterocycles. The van der Waals surface area contributed by atoms with Crippen molar-refractivity contribution in [2.24, 2.45) is 5.73 Å². The Morgan fingerprint density at radius 1 is 1.40 bits per heavy atom. The van der Waals surface area contributed by atoms with Crippen LogP contribution in [0.3, 0.4) is 0 Å². The molecule has 0 saturated carbocycles. The van der Waals surface area contributed by atoms with Gasteiger partial charge < -0.3 is 15.2 Å². The first-order valence-electron chi connectivity index (χ1n) is 7.12. The zero-order valence-electron chi connectivity index (χ0n) is 12.0. The SMILES string of the molecule is CC(N)Cc1c(Cl)cccc1OCCN1CCOCC1. The van der Waals surface area contributed by atoms with Crippen LogP contribution in [0.2, 0.25) is 5.02 Å². The lowest BCUT2D eigenvalue weighted by atomic mass is 10.1. The van der Waals surface area contributed by atoms with E-state index in [2.05, 4.69) is 4.90 Å². The fourth-order valence-electron chi connectivity index (χ4n) is 2.30. The molecule has 0 amide bonds. The van der Waals surface area contributed by atoms with Gasteiger partial charge in [-0.15, -0.1) is 0 Å². The van der Waals surface area contributed by atoms with Crippen molar-refractivity contribution in [3.63, 3.8) is 0 Å². The molecule has 0 bridgehead atoms. The normalized spacial score (nSPS) is 17.9. The summed E-state index contributed by atoms with van der Waals surface area (Å²) in [4.78, 5) is 2.35. The molecule has 0 aliphatic carbocycles. The first kappa shape index (κ1) is 15.6. The van der Waals surface area contributed by atoms with Crippen molar-refractivity contribution in [3.05, 3.63) is 28.8 Å². The van der Waals surface area contributed by atoms with Gasteiger partial charge in [-0.2, -0.15) is 0 Å². The third kappa shape index (κ3) is 4.63. The average Bonchev–Trinajstić information content (AvgIpc) is 2.43. The minimum atomic E-state index is 0.0662. The first-order valence-corrected chi connectivity index (χ1v) is 7.50. The molecule has 0 aromatic heterocycles. The summed E-state index contributed by atoms with van der Waals surface area (Å²) >= 11 is 6.24. The highest BCUT2D eigenvalue weighted by atomic mass is 35.5. The van der Waals surface area contributed by atoms with Crippen molar-refractivity contribution in [2.45, 2.75) is 19.4 Å². The lowest BCUT2D eigenvalue weighted by molar-refractivity contribution is 0.0322. The largest absolute Gasteiger partial charge is 0.492 e. The number of hydrogen-bond donors (Lipinski definition) is 1. The third-order valence-electron chi connectivity index (χ3n) is 3.37. The van der Waals surface area contributed by atoms with E-state index in [-0.39, 0.29) is 6.04 Å². The highest BCUT2D eigenvalue weighted by molar-refractivity contribution is 6.31. The number of nitrogens with two attached hydrogens (primary N) is 1. The summed E-state index contributed by atoms with van der Waals surface area (Å²) in [5, 5.41) is 0.728. The maximum absolute atomic E-state index is 6.24. The molecule has 1 aromatic rings. The molecule has 2 N–H and O–H groups in total. The summed E-state index contributed by atoms with van der Waals surface area (Å²) in [6.07, 6.45) is 0.729. The third-order valence-corrected chi connectivity index (χ3v) is 3.72. The quantitative estimate of drug-likeness (QED) is 0.872. The molecule has 4 nitrogen and oxygen atoms in total. The van der Waals surface area contributed by atoms with Crippen molar-refractivity contribution in [2.75, 3.05) is 39.5 Å². The number of morpholine rings is 1. The molecular weight excluding hydrogens is 276 g/mol. The van der Waals surface area contributed by atoms with Crippen molar-refractivity contribution < 1.29 is 9.47 Å². The van der Waals surface area contributed by atoms with Gasteiger partial charge in [0.25, 0.3) is 0 Å². The summed E-state index contributed by atoms with van der Waals surface area (Å²) in [5.74, 6) is 0.850.